The summed E-state index contributed by atoms with van der Waals surface area (Å²) in [5.74, 6) is 2.83. The van der Waals surface area contributed by atoms with E-state index >= 15 is 0 Å². The summed E-state index contributed by atoms with van der Waals surface area (Å²) in [6, 6.07) is 3.42. The normalized spacial score (nSPS) is 15.3. The van der Waals surface area contributed by atoms with Crippen molar-refractivity contribution in [3.05, 3.63) is 23.9 Å². The first-order valence-corrected chi connectivity index (χ1v) is 6.71. The predicted octanol–water partition coefficient (Wildman–Crippen LogP) is 1.39. The number of amides is 1. The lowest BCUT2D eigenvalue weighted by atomic mass is 10.1. The van der Waals surface area contributed by atoms with Crippen molar-refractivity contribution in [2.45, 2.75) is 25.4 Å². The van der Waals surface area contributed by atoms with Gasteiger partial charge in [-0.1, -0.05) is 0 Å². The van der Waals surface area contributed by atoms with Crippen molar-refractivity contribution in [3.8, 4) is 18.2 Å². The minimum atomic E-state index is -0.176. The van der Waals surface area contributed by atoms with Crippen LogP contribution in [0.25, 0.3) is 0 Å². The highest BCUT2D eigenvalue weighted by atomic mass is 16.5. The van der Waals surface area contributed by atoms with Crippen LogP contribution >= 0.6 is 0 Å². The van der Waals surface area contributed by atoms with Gasteiger partial charge in [-0.15, -0.1) is 12.3 Å². The van der Waals surface area contributed by atoms with E-state index in [9.17, 15) is 4.79 Å². The number of rotatable bonds is 5. The van der Waals surface area contributed by atoms with E-state index in [4.69, 9.17) is 15.9 Å². The van der Waals surface area contributed by atoms with Crippen LogP contribution in [0.1, 0.15) is 29.6 Å². The molecule has 0 aliphatic carbocycles. The topological polar surface area (TPSA) is 60.5 Å². The van der Waals surface area contributed by atoms with Crippen LogP contribution in [0.4, 0.5) is 0 Å². The largest absolute Gasteiger partial charge is 0.474 e. The Balaban J connectivity index is 1.85. The van der Waals surface area contributed by atoms with E-state index < -0.39 is 0 Å². The summed E-state index contributed by atoms with van der Waals surface area (Å²) in [6.07, 6.45) is 9.04. The molecule has 1 saturated heterocycles. The summed E-state index contributed by atoms with van der Waals surface area (Å²) in [5, 5.41) is 2.72. The Morgan fingerprint density at radius 1 is 1.50 bits per heavy atom. The van der Waals surface area contributed by atoms with E-state index in [0.29, 0.717) is 24.4 Å². The molecule has 1 aromatic rings. The van der Waals surface area contributed by atoms with Crippen molar-refractivity contribution in [2.24, 2.45) is 0 Å². The Morgan fingerprint density at radius 2 is 2.30 bits per heavy atom. The molecule has 5 heteroatoms. The summed E-state index contributed by atoms with van der Waals surface area (Å²) in [7, 11) is 0. The molecule has 0 unspecified atom stereocenters. The Labute approximate surface area is 118 Å². The molecular weight excluding hydrogens is 256 g/mol. The molecule has 1 aliphatic heterocycles. The van der Waals surface area contributed by atoms with Crippen LogP contribution < -0.4 is 10.1 Å². The van der Waals surface area contributed by atoms with E-state index in [1.807, 2.05) is 0 Å². The fraction of sp³-hybridized carbons (Fsp3) is 0.467. The molecule has 1 amide bonds. The van der Waals surface area contributed by atoms with E-state index in [0.717, 1.165) is 26.1 Å². The van der Waals surface area contributed by atoms with Crippen molar-refractivity contribution >= 4 is 5.91 Å². The smallest absolute Gasteiger partial charge is 0.252 e. The van der Waals surface area contributed by atoms with Crippen molar-refractivity contribution < 1.29 is 14.3 Å². The highest BCUT2D eigenvalue weighted by Gasteiger charge is 2.16. The monoisotopic (exact) mass is 274 g/mol. The van der Waals surface area contributed by atoms with Gasteiger partial charge in [-0.2, -0.15) is 0 Å². The maximum absolute atomic E-state index is 11.7. The number of pyridine rings is 1. The highest BCUT2D eigenvalue weighted by molar-refractivity contribution is 5.93. The Morgan fingerprint density at radius 3 is 2.95 bits per heavy atom. The van der Waals surface area contributed by atoms with Gasteiger partial charge in [-0.25, -0.2) is 4.98 Å². The van der Waals surface area contributed by atoms with E-state index in [1.54, 1.807) is 12.1 Å². The number of terminal acetylenes is 1. The van der Waals surface area contributed by atoms with Crippen molar-refractivity contribution in [1.29, 1.82) is 0 Å². The van der Waals surface area contributed by atoms with Gasteiger partial charge in [0.15, 0.2) is 0 Å². The number of carbonyl (C=O) groups excluding carboxylic acids is 1. The fourth-order valence-electron chi connectivity index (χ4n) is 1.90. The standard InChI is InChI=1S/C15H18N2O3/c1-2-3-8-16-15(18)12-4-5-14(17-11-12)20-13-6-9-19-10-7-13/h1,4-5,11,13H,3,6-10H2,(H,16,18). The van der Waals surface area contributed by atoms with E-state index in [-0.39, 0.29) is 12.0 Å². The molecule has 0 radical (unpaired) electrons. The number of nitrogens with one attached hydrogen (secondary N) is 1. The Bertz CT molecular complexity index is 473. The first kappa shape index (κ1) is 14.4. The van der Waals surface area contributed by atoms with Gasteiger partial charge in [0.1, 0.15) is 6.10 Å². The van der Waals surface area contributed by atoms with Gasteiger partial charge in [0.25, 0.3) is 5.91 Å². The summed E-state index contributed by atoms with van der Waals surface area (Å²) in [4.78, 5) is 15.9. The molecule has 1 aromatic heterocycles. The van der Waals surface area contributed by atoms with Crippen LogP contribution in [0, 0.1) is 12.3 Å². The zero-order valence-corrected chi connectivity index (χ0v) is 11.3. The van der Waals surface area contributed by atoms with Gasteiger partial charge in [-0.3, -0.25) is 4.79 Å². The molecule has 0 atom stereocenters. The maximum Gasteiger partial charge on any atom is 0.252 e. The van der Waals surface area contributed by atoms with E-state index in [2.05, 4.69) is 16.2 Å². The maximum atomic E-state index is 11.7. The molecule has 0 aromatic carbocycles. The average molecular weight is 274 g/mol. The summed E-state index contributed by atoms with van der Waals surface area (Å²) in [6.45, 7) is 1.91. The molecule has 106 valence electrons. The first-order chi connectivity index (χ1) is 9.79. The molecule has 0 saturated carbocycles. The van der Waals surface area contributed by atoms with Crippen LogP contribution in [0.3, 0.4) is 0 Å². The lowest BCUT2D eigenvalue weighted by Gasteiger charge is -2.22. The molecule has 0 bridgehead atoms. The second kappa shape index (κ2) is 7.51. The number of nitrogens with zero attached hydrogens (tertiary/aromatic N) is 1. The van der Waals surface area contributed by atoms with Gasteiger partial charge in [0.05, 0.1) is 18.8 Å². The lowest BCUT2D eigenvalue weighted by Crippen LogP contribution is -2.26. The van der Waals surface area contributed by atoms with Gasteiger partial charge >= 0.3 is 0 Å². The quantitative estimate of drug-likeness (QED) is 0.651. The fourth-order valence-corrected chi connectivity index (χ4v) is 1.90. The zero-order valence-electron chi connectivity index (χ0n) is 11.3. The summed E-state index contributed by atoms with van der Waals surface area (Å²) < 4.78 is 11.0. The zero-order chi connectivity index (χ0) is 14.2. The van der Waals surface area contributed by atoms with E-state index in [1.165, 1.54) is 6.20 Å². The second-order valence-electron chi connectivity index (χ2n) is 4.52. The number of ether oxygens (including phenoxy) is 2. The highest BCUT2D eigenvalue weighted by Crippen LogP contribution is 2.15. The lowest BCUT2D eigenvalue weighted by molar-refractivity contribution is 0.0237. The minimum Gasteiger partial charge on any atom is -0.474 e. The number of hydrogen-bond donors (Lipinski definition) is 1. The number of aromatic nitrogens is 1. The van der Waals surface area contributed by atoms with Gasteiger partial charge < -0.3 is 14.8 Å². The molecule has 1 N–H and O–H groups in total. The van der Waals surface area contributed by atoms with Crippen LogP contribution in [-0.2, 0) is 4.74 Å². The third-order valence-corrected chi connectivity index (χ3v) is 3.01. The van der Waals surface area contributed by atoms with Crippen molar-refractivity contribution in [2.75, 3.05) is 19.8 Å². The molecule has 20 heavy (non-hydrogen) atoms. The van der Waals surface area contributed by atoms with Crippen molar-refractivity contribution in [1.82, 2.24) is 10.3 Å². The van der Waals surface area contributed by atoms with Gasteiger partial charge in [-0.05, 0) is 6.07 Å². The second-order valence-corrected chi connectivity index (χ2v) is 4.52. The molecule has 5 nitrogen and oxygen atoms in total. The molecule has 0 spiro atoms. The molecule has 1 aliphatic rings. The minimum absolute atomic E-state index is 0.145. The first-order valence-electron chi connectivity index (χ1n) is 6.71. The molecule has 2 rings (SSSR count). The molecular formula is C15H18N2O3. The van der Waals surface area contributed by atoms with Crippen molar-refractivity contribution in [3.63, 3.8) is 0 Å². The summed E-state index contributed by atoms with van der Waals surface area (Å²) >= 11 is 0. The van der Waals surface area contributed by atoms with Crippen LogP contribution in [-0.4, -0.2) is 36.8 Å². The Hall–Kier alpha value is -2.06. The molecule has 1 fully saturated rings. The summed E-state index contributed by atoms with van der Waals surface area (Å²) in [5.41, 5.74) is 0.501. The average Bonchev–Trinajstić information content (AvgIpc) is 2.49. The third kappa shape index (κ3) is 4.25. The SMILES string of the molecule is C#CCCNC(=O)c1ccc(OC2CCOCC2)nc1. The Kier molecular flexibility index (Phi) is 5.39. The number of hydrogen-bond acceptors (Lipinski definition) is 4. The van der Waals surface area contributed by atoms with Crippen LogP contribution in [0.5, 0.6) is 5.88 Å². The van der Waals surface area contributed by atoms with Crippen LogP contribution in [0.15, 0.2) is 18.3 Å². The predicted molar refractivity (Wildman–Crippen MR) is 74.5 cm³/mol. The van der Waals surface area contributed by atoms with Crippen LogP contribution in [0.2, 0.25) is 0 Å². The third-order valence-electron chi connectivity index (χ3n) is 3.01. The number of carbonyl (C=O) groups is 1. The van der Waals surface area contributed by atoms with Gasteiger partial charge in [0.2, 0.25) is 5.88 Å². The van der Waals surface area contributed by atoms with Gasteiger partial charge in [0, 0.05) is 38.1 Å². The molecule has 2 heterocycles.